The molecule has 2 heteroatoms. The fourth-order valence-electron chi connectivity index (χ4n) is 0.900. The first kappa shape index (κ1) is 7.32. The van der Waals surface area contributed by atoms with Crippen LogP contribution in [0.4, 0.5) is 4.39 Å². The van der Waals surface area contributed by atoms with Gasteiger partial charge in [0, 0.05) is 0 Å². The zero-order valence-electron chi connectivity index (χ0n) is 5.97. The largest absolute Gasteiger partial charge is 0.207 e. The standard InChI is InChI=1S/C8H9BF/c1-9-6-7-3-2-4-8(10)5-7/h2-5H,6H2,1H3. The van der Waals surface area contributed by atoms with E-state index in [4.69, 9.17) is 0 Å². The van der Waals surface area contributed by atoms with Gasteiger partial charge in [-0.1, -0.05) is 30.8 Å². The third-order valence-electron chi connectivity index (χ3n) is 1.33. The van der Waals surface area contributed by atoms with E-state index in [1.807, 2.05) is 20.2 Å². The molecule has 0 amide bonds. The summed E-state index contributed by atoms with van der Waals surface area (Å²) >= 11 is 0. The lowest BCUT2D eigenvalue weighted by atomic mass is 9.75. The highest BCUT2D eigenvalue weighted by Crippen LogP contribution is 2.02. The minimum atomic E-state index is -0.153. The molecule has 0 unspecified atom stereocenters. The summed E-state index contributed by atoms with van der Waals surface area (Å²) in [5.74, 6) is -0.153. The molecule has 0 saturated heterocycles. The van der Waals surface area contributed by atoms with E-state index in [1.165, 1.54) is 6.07 Å². The molecule has 0 nitrogen and oxygen atoms in total. The van der Waals surface area contributed by atoms with Gasteiger partial charge in [-0.05, 0) is 12.1 Å². The van der Waals surface area contributed by atoms with Crippen molar-refractivity contribution in [2.45, 2.75) is 13.1 Å². The van der Waals surface area contributed by atoms with Crippen LogP contribution in [-0.2, 0) is 6.32 Å². The van der Waals surface area contributed by atoms with Gasteiger partial charge in [0.05, 0.1) is 0 Å². The van der Waals surface area contributed by atoms with Crippen molar-refractivity contribution < 1.29 is 4.39 Å². The number of benzene rings is 1. The van der Waals surface area contributed by atoms with Gasteiger partial charge in [-0.2, -0.15) is 0 Å². The summed E-state index contributed by atoms with van der Waals surface area (Å²) < 4.78 is 12.5. The molecule has 0 fully saturated rings. The number of hydrogen-bond donors (Lipinski definition) is 0. The lowest BCUT2D eigenvalue weighted by molar-refractivity contribution is 0.626. The highest BCUT2D eigenvalue weighted by atomic mass is 19.1. The molecule has 0 bridgehead atoms. The number of hydrogen-bond acceptors (Lipinski definition) is 0. The lowest BCUT2D eigenvalue weighted by Gasteiger charge is -1.95. The predicted octanol–water partition coefficient (Wildman–Crippen LogP) is 2.08. The van der Waals surface area contributed by atoms with Gasteiger partial charge >= 0.3 is 0 Å². The van der Waals surface area contributed by atoms with Gasteiger partial charge in [0.2, 0.25) is 0 Å². The quantitative estimate of drug-likeness (QED) is 0.544. The van der Waals surface area contributed by atoms with Crippen molar-refractivity contribution in [1.82, 2.24) is 0 Å². The minimum absolute atomic E-state index is 0.153. The summed E-state index contributed by atoms with van der Waals surface area (Å²) in [5.41, 5.74) is 1.03. The zero-order chi connectivity index (χ0) is 7.40. The Labute approximate surface area is 61.3 Å². The van der Waals surface area contributed by atoms with E-state index in [1.54, 1.807) is 12.1 Å². The maximum absolute atomic E-state index is 12.5. The van der Waals surface area contributed by atoms with Gasteiger partial charge < -0.3 is 0 Å². The number of halogens is 1. The molecule has 1 radical (unpaired) electrons. The van der Waals surface area contributed by atoms with Gasteiger partial charge in [-0.15, -0.1) is 0 Å². The minimum Gasteiger partial charge on any atom is -0.207 e. The molecule has 0 aliphatic heterocycles. The molecule has 0 saturated carbocycles. The normalized spacial score (nSPS) is 9.40. The molecule has 0 heterocycles. The third kappa shape index (κ3) is 1.87. The van der Waals surface area contributed by atoms with Crippen LogP contribution in [0.2, 0.25) is 6.82 Å². The van der Waals surface area contributed by atoms with Crippen LogP contribution in [0.1, 0.15) is 5.56 Å². The third-order valence-corrected chi connectivity index (χ3v) is 1.33. The first-order valence-corrected chi connectivity index (χ1v) is 3.35. The topological polar surface area (TPSA) is 0 Å². The molecule has 0 atom stereocenters. The molecule has 51 valence electrons. The molecular formula is C8H9BF. The molecule has 0 aromatic heterocycles. The van der Waals surface area contributed by atoms with E-state index in [9.17, 15) is 4.39 Å². The SMILES string of the molecule is C[B]Cc1cccc(F)c1. The van der Waals surface area contributed by atoms with Crippen LogP contribution >= 0.6 is 0 Å². The van der Waals surface area contributed by atoms with Crippen molar-refractivity contribution in [3.8, 4) is 0 Å². The van der Waals surface area contributed by atoms with E-state index in [0.29, 0.717) is 0 Å². The fourth-order valence-corrected chi connectivity index (χ4v) is 0.900. The van der Waals surface area contributed by atoms with Crippen molar-refractivity contribution in [3.63, 3.8) is 0 Å². The van der Waals surface area contributed by atoms with E-state index in [2.05, 4.69) is 0 Å². The molecule has 10 heavy (non-hydrogen) atoms. The second-order valence-electron chi connectivity index (χ2n) is 2.24. The Morgan fingerprint density at radius 1 is 1.50 bits per heavy atom. The average molecular weight is 135 g/mol. The van der Waals surface area contributed by atoms with Gasteiger partial charge in [0.1, 0.15) is 13.1 Å². The summed E-state index contributed by atoms with van der Waals surface area (Å²) in [7, 11) is 2.01. The molecular weight excluding hydrogens is 126 g/mol. The summed E-state index contributed by atoms with van der Waals surface area (Å²) in [5, 5.41) is 0. The Morgan fingerprint density at radius 3 is 2.90 bits per heavy atom. The van der Waals surface area contributed by atoms with E-state index in [0.717, 1.165) is 11.9 Å². The second-order valence-corrected chi connectivity index (χ2v) is 2.24. The molecule has 0 aliphatic rings. The molecule has 0 spiro atoms. The van der Waals surface area contributed by atoms with E-state index < -0.39 is 0 Å². The average Bonchev–Trinajstić information content (AvgIpc) is 1.88. The maximum Gasteiger partial charge on any atom is 0.123 e. The predicted molar refractivity (Wildman–Crippen MR) is 41.7 cm³/mol. The molecule has 1 rings (SSSR count). The van der Waals surface area contributed by atoms with Crippen LogP contribution in [0.3, 0.4) is 0 Å². The Bertz CT molecular complexity index is 210. The number of rotatable bonds is 2. The van der Waals surface area contributed by atoms with Gasteiger partial charge in [0.25, 0.3) is 0 Å². The van der Waals surface area contributed by atoms with Crippen LogP contribution in [0.5, 0.6) is 0 Å². The lowest BCUT2D eigenvalue weighted by Crippen LogP contribution is -1.90. The fraction of sp³-hybridized carbons (Fsp3) is 0.250. The van der Waals surface area contributed by atoms with Crippen LogP contribution in [0, 0.1) is 5.82 Å². The first-order valence-electron chi connectivity index (χ1n) is 3.35. The molecule has 1 aromatic rings. The monoisotopic (exact) mass is 135 g/mol. The Balaban J connectivity index is 2.75. The van der Waals surface area contributed by atoms with Gasteiger partial charge in [-0.25, -0.2) is 4.39 Å². The van der Waals surface area contributed by atoms with Crippen LogP contribution in [-0.4, -0.2) is 7.28 Å². The van der Waals surface area contributed by atoms with Crippen LogP contribution in [0.25, 0.3) is 0 Å². The summed E-state index contributed by atoms with van der Waals surface area (Å²) in [6.07, 6.45) is 0.845. The Kier molecular flexibility index (Phi) is 2.49. The van der Waals surface area contributed by atoms with Gasteiger partial charge in [0.15, 0.2) is 0 Å². The molecule has 1 aromatic carbocycles. The highest BCUT2D eigenvalue weighted by Gasteiger charge is 1.92. The van der Waals surface area contributed by atoms with Crippen LogP contribution < -0.4 is 0 Å². The van der Waals surface area contributed by atoms with Gasteiger partial charge in [-0.3, -0.25) is 0 Å². The van der Waals surface area contributed by atoms with Crippen molar-refractivity contribution >= 4 is 7.28 Å². The zero-order valence-corrected chi connectivity index (χ0v) is 5.97. The summed E-state index contributed by atoms with van der Waals surface area (Å²) in [6.45, 7) is 1.96. The summed E-state index contributed by atoms with van der Waals surface area (Å²) in [6, 6.07) is 6.66. The van der Waals surface area contributed by atoms with Crippen molar-refractivity contribution in [3.05, 3.63) is 35.6 Å². The Hall–Kier alpha value is -0.785. The van der Waals surface area contributed by atoms with Crippen LogP contribution in [0.15, 0.2) is 24.3 Å². The van der Waals surface area contributed by atoms with Crippen molar-refractivity contribution in [2.75, 3.05) is 0 Å². The first-order chi connectivity index (χ1) is 4.83. The second kappa shape index (κ2) is 3.40. The summed E-state index contributed by atoms with van der Waals surface area (Å²) in [4.78, 5) is 0. The smallest absolute Gasteiger partial charge is 0.123 e. The van der Waals surface area contributed by atoms with Crippen molar-refractivity contribution in [1.29, 1.82) is 0 Å². The Morgan fingerprint density at radius 2 is 2.30 bits per heavy atom. The molecule has 0 aliphatic carbocycles. The van der Waals surface area contributed by atoms with E-state index in [-0.39, 0.29) is 5.82 Å². The van der Waals surface area contributed by atoms with Crippen molar-refractivity contribution in [2.24, 2.45) is 0 Å². The molecule has 0 N–H and O–H groups in total. The maximum atomic E-state index is 12.5. The highest BCUT2D eigenvalue weighted by molar-refractivity contribution is 6.32. The van der Waals surface area contributed by atoms with E-state index >= 15 is 0 Å².